The van der Waals surface area contributed by atoms with Gasteiger partial charge in [-0.05, 0) is 35.5 Å². The third-order valence-corrected chi connectivity index (χ3v) is 3.06. The maximum atomic E-state index is 4.46. The van der Waals surface area contributed by atoms with Crippen molar-refractivity contribution < 1.29 is 0 Å². The van der Waals surface area contributed by atoms with Crippen LogP contribution in [-0.4, -0.2) is 16.8 Å². The van der Waals surface area contributed by atoms with Crippen molar-refractivity contribution in [2.75, 3.05) is 7.05 Å². The third-order valence-electron chi connectivity index (χ3n) is 2.48. The number of nitrogens with one attached hydrogen (secondary N) is 1. The number of aryl methyl sites for hydroxylation is 1. The average Bonchev–Trinajstić information content (AvgIpc) is 2.58. The van der Waals surface area contributed by atoms with Gasteiger partial charge in [-0.1, -0.05) is 18.2 Å². The van der Waals surface area contributed by atoms with Crippen molar-refractivity contribution in [1.29, 1.82) is 0 Å². The van der Waals surface area contributed by atoms with Gasteiger partial charge in [0.2, 0.25) is 0 Å². The van der Waals surface area contributed by atoms with Crippen molar-refractivity contribution in [3.63, 3.8) is 0 Å². The largest absolute Gasteiger partial charge is 0.316 e. The molecular weight excluding hydrogens is 254 g/mol. The first kappa shape index (κ1) is 10.6. The number of rotatable bonds is 3. The molecule has 0 aliphatic carbocycles. The lowest BCUT2D eigenvalue weighted by Crippen LogP contribution is -2.07. The van der Waals surface area contributed by atoms with Crippen molar-refractivity contribution in [3.05, 3.63) is 28.4 Å². The average molecular weight is 268 g/mol. The fourth-order valence-corrected chi connectivity index (χ4v) is 2.35. The molecule has 0 bridgehead atoms. The standard InChI is InChI=1S/C11H14BrN3/c1-3-15-10-8(7-13-2)5-4-6-9(10)11(12)14-15/h4-6,13H,3,7H2,1-2H3. The van der Waals surface area contributed by atoms with Gasteiger partial charge in [-0.2, -0.15) is 5.10 Å². The minimum absolute atomic E-state index is 0.871. The molecular formula is C11H14BrN3. The minimum Gasteiger partial charge on any atom is -0.316 e. The smallest absolute Gasteiger partial charge is 0.136 e. The zero-order valence-corrected chi connectivity index (χ0v) is 10.5. The highest BCUT2D eigenvalue weighted by molar-refractivity contribution is 9.10. The molecule has 0 spiro atoms. The Bertz CT molecular complexity index is 476. The Morgan fingerprint density at radius 1 is 1.47 bits per heavy atom. The van der Waals surface area contributed by atoms with E-state index in [4.69, 9.17) is 0 Å². The van der Waals surface area contributed by atoms with Crippen molar-refractivity contribution in [2.45, 2.75) is 20.0 Å². The number of hydrogen-bond donors (Lipinski definition) is 1. The molecule has 1 heterocycles. The van der Waals surface area contributed by atoms with Crippen LogP contribution in [0.15, 0.2) is 22.8 Å². The SMILES string of the molecule is CCn1nc(Br)c2cccc(CNC)c21. The van der Waals surface area contributed by atoms with E-state index in [2.05, 4.69) is 51.5 Å². The number of nitrogens with zero attached hydrogens (tertiary/aromatic N) is 2. The molecule has 0 unspecified atom stereocenters. The fourth-order valence-electron chi connectivity index (χ4n) is 1.83. The van der Waals surface area contributed by atoms with E-state index in [1.165, 1.54) is 16.5 Å². The van der Waals surface area contributed by atoms with E-state index >= 15 is 0 Å². The Morgan fingerprint density at radius 2 is 2.27 bits per heavy atom. The van der Waals surface area contributed by atoms with Gasteiger partial charge in [0.15, 0.2) is 0 Å². The third kappa shape index (κ3) is 1.79. The number of halogens is 1. The molecule has 4 heteroatoms. The molecule has 0 aliphatic rings. The van der Waals surface area contributed by atoms with E-state index in [-0.39, 0.29) is 0 Å². The zero-order chi connectivity index (χ0) is 10.8. The second kappa shape index (κ2) is 4.33. The summed E-state index contributed by atoms with van der Waals surface area (Å²) in [4.78, 5) is 0. The summed E-state index contributed by atoms with van der Waals surface area (Å²) < 4.78 is 2.96. The number of aromatic nitrogens is 2. The van der Waals surface area contributed by atoms with Gasteiger partial charge in [-0.25, -0.2) is 0 Å². The number of fused-ring (bicyclic) bond motifs is 1. The predicted molar refractivity (Wildman–Crippen MR) is 65.9 cm³/mol. The Labute approximate surface area is 97.6 Å². The van der Waals surface area contributed by atoms with Crippen LogP contribution in [0, 0.1) is 0 Å². The van der Waals surface area contributed by atoms with Crippen LogP contribution in [-0.2, 0) is 13.1 Å². The highest BCUT2D eigenvalue weighted by Crippen LogP contribution is 2.26. The van der Waals surface area contributed by atoms with Gasteiger partial charge in [-0.3, -0.25) is 4.68 Å². The first-order valence-corrected chi connectivity index (χ1v) is 5.85. The predicted octanol–water partition coefficient (Wildman–Crippen LogP) is 2.54. The van der Waals surface area contributed by atoms with E-state index in [1.54, 1.807) is 0 Å². The molecule has 0 amide bonds. The van der Waals surface area contributed by atoms with E-state index < -0.39 is 0 Å². The number of para-hydroxylation sites is 1. The van der Waals surface area contributed by atoms with Gasteiger partial charge in [0.25, 0.3) is 0 Å². The van der Waals surface area contributed by atoms with Gasteiger partial charge in [0.1, 0.15) is 4.60 Å². The normalized spacial score (nSPS) is 11.1. The highest BCUT2D eigenvalue weighted by Gasteiger charge is 2.10. The molecule has 0 fully saturated rings. The molecule has 80 valence electrons. The summed E-state index contributed by atoms with van der Waals surface area (Å²) in [6.07, 6.45) is 0. The van der Waals surface area contributed by atoms with Gasteiger partial charge in [0, 0.05) is 18.5 Å². The first-order chi connectivity index (χ1) is 7.27. The van der Waals surface area contributed by atoms with Crippen LogP contribution >= 0.6 is 15.9 Å². The molecule has 3 nitrogen and oxygen atoms in total. The first-order valence-electron chi connectivity index (χ1n) is 5.06. The summed E-state index contributed by atoms with van der Waals surface area (Å²) in [5.41, 5.74) is 2.51. The van der Waals surface area contributed by atoms with Crippen LogP contribution in [0.4, 0.5) is 0 Å². The molecule has 15 heavy (non-hydrogen) atoms. The summed E-state index contributed by atoms with van der Waals surface area (Å²) in [5.74, 6) is 0. The molecule has 2 rings (SSSR count). The van der Waals surface area contributed by atoms with Crippen molar-refractivity contribution in [2.24, 2.45) is 0 Å². The van der Waals surface area contributed by atoms with Crippen LogP contribution in [0.3, 0.4) is 0 Å². The summed E-state index contributed by atoms with van der Waals surface area (Å²) in [7, 11) is 1.96. The lowest BCUT2D eigenvalue weighted by atomic mass is 10.1. The quantitative estimate of drug-likeness (QED) is 0.927. The molecule has 0 aliphatic heterocycles. The van der Waals surface area contributed by atoms with E-state index in [0.717, 1.165) is 17.7 Å². The van der Waals surface area contributed by atoms with Gasteiger partial charge >= 0.3 is 0 Å². The van der Waals surface area contributed by atoms with Crippen LogP contribution < -0.4 is 5.32 Å². The van der Waals surface area contributed by atoms with Crippen molar-refractivity contribution in [3.8, 4) is 0 Å². The fraction of sp³-hybridized carbons (Fsp3) is 0.364. The second-order valence-electron chi connectivity index (χ2n) is 3.45. The van der Waals surface area contributed by atoms with Gasteiger partial charge in [-0.15, -0.1) is 0 Å². The van der Waals surface area contributed by atoms with E-state index in [0.29, 0.717) is 0 Å². The van der Waals surface area contributed by atoms with Crippen LogP contribution in [0.25, 0.3) is 10.9 Å². The zero-order valence-electron chi connectivity index (χ0n) is 8.92. The Hall–Kier alpha value is -0.870. The molecule has 1 aromatic heterocycles. The molecule has 2 aromatic rings. The summed E-state index contributed by atoms with van der Waals surface area (Å²) in [5, 5.41) is 8.82. The van der Waals surface area contributed by atoms with Crippen molar-refractivity contribution >= 4 is 26.8 Å². The summed E-state index contributed by atoms with van der Waals surface area (Å²) >= 11 is 3.49. The molecule has 0 saturated heterocycles. The highest BCUT2D eigenvalue weighted by atomic mass is 79.9. The van der Waals surface area contributed by atoms with E-state index in [1.807, 2.05) is 11.7 Å². The summed E-state index contributed by atoms with van der Waals surface area (Å²) in [6.45, 7) is 3.87. The lowest BCUT2D eigenvalue weighted by Gasteiger charge is -2.05. The number of benzene rings is 1. The van der Waals surface area contributed by atoms with Gasteiger partial charge < -0.3 is 5.32 Å². The minimum atomic E-state index is 0.871. The Morgan fingerprint density at radius 3 is 2.93 bits per heavy atom. The Kier molecular flexibility index (Phi) is 3.07. The second-order valence-corrected chi connectivity index (χ2v) is 4.20. The maximum Gasteiger partial charge on any atom is 0.136 e. The topological polar surface area (TPSA) is 29.9 Å². The monoisotopic (exact) mass is 267 g/mol. The molecule has 1 N–H and O–H groups in total. The molecule has 0 radical (unpaired) electrons. The Balaban J connectivity index is 2.70. The van der Waals surface area contributed by atoms with Crippen molar-refractivity contribution in [1.82, 2.24) is 15.1 Å². The lowest BCUT2D eigenvalue weighted by molar-refractivity contribution is 0.673. The molecule has 0 atom stereocenters. The maximum absolute atomic E-state index is 4.46. The summed E-state index contributed by atoms with van der Waals surface area (Å²) in [6, 6.07) is 6.30. The van der Waals surface area contributed by atoms with Gasteiger partial charge in [0.05, 0.1) is 5.52 Å². The van der Waals surface area contributed by atoms with Crippen LogP contribution in [0.1, 0.15) is 12.5 Å². The van der Waals surface area contributed by atoms with E-state index in [9.17, 15) is 0 Å². The number of hydrogen-bond acceptors (Lipinski definition) is 2. The molecule has 0 saturated carbocycles. The van der Waals surface area contributed by atoms with Crippen LogP contribution in [0.5, 0.6) is 0 Å². The molecule has 1 aromatic carbocycles. The van der Waals surface area contributed by atoms with Crippen LogP contribution in [0.2, 0.25) is 0 Å².